The van der Waals surface area contributed by atoms with Crippen LogP contribution in [0.5, 0.6) is 0 Å². The monoisotopic (exact) mass is 222 g/mol. The molecule has 2 rings (SSSR count). The first-order chi connectivity index (χ1) is 7.75. The van der Waals surface area contributed by atoms with Gasteiger partial charge in [-0.15, -0.1) is 0 Å². The molecule has 0 aromatic carbocycles. The van der Waals surface area contributed by atoms with E-state index in [1.165, 1.54) is 12.8 Å². The Morgan fingerprint density at radius 1 is 1.69 bits per heavy atom. The van der Waals surface area contributed by atoms with E-state index in [-0.39, 0.29) is 11.9 Å². The van der Waals surface area contributed by atoms with Crippen LogP contribution in [0.2, 0.25) is 0 Å². The van der Waals surface area contributed by atoms with E-state index in [0.717, 1.165) is 18.3 Å². The molecule has 16 heavy (non-hydrogen) atoms. The van der Waals surface area contributed by atoms with Crippen LogP contribution in [-0.4, -0.2) is 29.0 Å². The Balaban J connectivity index is 1.65. The molecule has 1 aromatic rings. The highest BCUT2D eigenvalue weighted by Gasteiger charge is 2.20. The Hall–Kier alpha value is -1.36. The van der Waals surface area contributed by atoms with E-state index in [9.17, 15) is 4.79 Å². The lowest BCUT2D eigenvalue weighted by molar-refractivity contribution is -0.120. The molecule has 1 aromatic heterocycles. The molecule has 1 aliphatic rings. The first-order valence-electron chi connectivity index (χ1n) is 5.75. The van der Waals surface area contributed by atoms with Gasteiger partial charge in [0.2, 0.25) is 5.91 Å². The molecule has 0 radical (unpaired) electrons. The molecule has 0 saturated heterocycles. The van der Waals surface area contributed by atoms with Gasteiger partial charge < -0.3 is 15.6 Å². The molecule has 3 N–H and O–H groups in total. The minimum absolute atomic E-state index is 0.0181. The lowest BCUT2D eigenvalue weighted by Crippen LogP contribution is -2.36. The minimum atomic E-state index is -0.0646. The highest BCUT2D eigenvalue weighted by Crippen LogP contribution is 2.27. The molecule has 1 saturated carbocycles. The second-order valence-corrected chi connectivity index (χ2v) is 4.34. The molecule has 1 aliphatic carbocycles. The van der Waals surface area contributed by atoms with Gasteiger partial charge in [0.25, 0.3) is 0 Å². The summed E-state index contributed by atoms with van der Waals surface area (Å²) in [6, 6.07) is -0.0646. The van der Waals surface area contributed by atoms with E-state index in [4.69, 9.17) is 0 Å². The SMILES string of the molecule is CC(NC(=O)CNCC1CC1)c1ncc[nH]1. The van der Waals surface area contributed by atoms with Crippen LogP contribution in [0.4, 0.5) is 0 Å². The zero-order chi connectivity index (χ0) is 11.4. The van der Waals surface area contributed by atoms with Crippen LogP contribution in [0, 0.1) is 5.92 Å². The lowest BCUT2D eigenvalue weighted by atomic mass is 10.3. The van der Waals surface area contributed by atoms with E-state index >= 15 is 0 Å². The quantitative estimate of drug-likeness (QED) is 0.659. The van der Waals surface area contributed by atoms with Crippen LogP contribution in [0.1, 0.15) is 31.6 Å². The van der Waals surface area contributed by atoms with Gasteiger partial charge in [-0.3, -0.25) is 4.79 Å². The molecule has 1 atom stereocenters. The van der Waals surface area contributed by atoms with Crippen LogP contribution in [0.25, 0.3) is 0 Å². The van der Waals surface area contributed by atoms with Crippen molar-refractivity contribution in [3.63, 3.8) is 0 Å². The molecule has 0 bridgehead atoms. The van der Waals surface area contributed by atoms with Crippen LogP contribution in [-0.2, 0) is 4.79 Å². The third-order valence-electron chi connectivity index (χ3n) is 2.72. The Kier molecular flexibility index (Phi) is 3.56. The Bertz CT molecular complexity index is 332. The van der Waals surface area contributed by atoms with E-state index in [1.807, 2.05) is 6.92 Å². The van der Waals surface area contributed by atoms with Crippen molar-refractivity contribution < 1.29 is 4.79 Å². The normalized spacial score (nSPS) is 17.1. The average Bonchev–Trinajstić information content (AvgIpc) is 2.91. The van der Waals surface area contributed by atoms with Crippen LogP contribution < -0.4 is 10.6 Å². The molecule has 1 fully saturated rings. The molecule has 1 heterocycles. The van der Waals surface area contributed by atoms with Crippen LogP contribution >= 0.6 is 0 Å². The predicted molar refractivity (Wildman–Crippen MR) is 60.7 cm³/mol. The Morgan fingerprint density at radius 2 is 2.50 bits per heavy atom. The van der Waals surface area contributed by atoms with Crippen LogP contribution in [0.15, 0.2) is 12.4 Å². The molecule has 88 valence electrons. The zero-order valence-electron chi connectivity index (χ0n) is 9.49. The third kappa shape index (κ3) is 3.34. The van der Waals surface area contributed by atoms with Gasteiger partial charge in [0.1, 0.15) is 5.82 Å². The number of nitrogens with zero attached hydrogens (tertiary/aromatic N) is 1. The number of carbonyl (C=O) groups excluding carboxylic acids is 1. The number of hydrogen-bond acceptors (Lipinski definition) is 3. The number of H-pyrrole nitrogens is 1. The fourth-order valence-corrected chi connectivity index (χ4v) is 1.59. The van der Waals surface area contributed by atoms with Crippen molar-refractivity contribution in [1.82, 2.24) is 20.6 Å². The molecule has 5 heteroatoms. The summed E-state index contributed by atoms with van der Waals surface area (Å²) < 4.78 is 0. The Morgan fingerprint density at radius 3 is 3.12 bits per heavy atom. The predicted octanol–water partition coefficient (Wildman–Crippen LogP) is 0.586. The Labute approximate surface area is 95.0 Å². The van der Waals surface area contributed by atoms with E-state index in [0.29, 0.717) is 6.54 Å². The fourth-order valence-electron chi connectivity index (χ4n) is 1.59. The van der Waals surface area contributed by atoms with Gasteiger partial charge in [-0.25, -0.2) is 4.98 Å². The summed E-state index contributed by atoms with van der Waals surface area (Å²) in [6.45, 7) is 3.27. The number of rotatable bonds is 6. The van der Waals surface area contributed by atoms with Crippen LogP contribution in [0.3, 0.4) is 0 Å². The number of amides is 1. The van der Waals surface area contributed by atoms with Crippen molar-refractivity contribution in [3.05, 3.63) is 18.2 Å². The first-order valence-corrected chi connectivity index (χ1v) is 5.75. The van der Waals surface area contributed by atoms with Crippen molar-refractivity contribution >= 4 is 5.91 Å². The van der Waals surface area contributed by atoms with E-state index in [1.54, 1.807) is 12.4 Å². The number of nitrogens with one attached hydrogen (secondary N) is 3. The zero-order valence-corrected chi connectivity index (χ0v) is 9.49. The summed E-state index contributed by atoms with van der Waals surface area (Å²) in [7, 11) is 0. The maximum atomic E-state index is 11.5. The smallest absolute Gasteiger partial charge is 0.234 e. The van der Waals surface area contributed by atoms with E-state index in [2.05, 4.69) is 20.6 Å². The molecule has 5 nitrogen and oxygen atoms in total. The summed E-state index contributed by atoms with van der Waals surface area (Å²) in [5, 5.41) is 6.04. The lowest BCUT2D eigenvalue weighted by Gasteiger charge is -2.11. The summed E-state index contributed by atoms with van der Waals surface area (Å²) in [4.78, 5) is 18.6. The standard InChI is InChI=1S/C11H18N4O/c1-8(11-13-4-5-14-11)15-10(16)7-12-6-9-2-3-9/h4-5,8-9,12H,2-3,6-7H2,1H3,(H,13,14)(H,15,16). The second-order valence-electron chi connectivity index (χ2n) is 4.34. The highest BCUT2D eigenvalue weighted by molar-refractivity contribution is 5.78. The van der Waals surface area contributed by atoms with Gasteiger partial charge in [0, 0.05) is 12.4 Å². The number of aromatic nitrogens is 2. The van der Waals surface area contributed by atoms with Crippen molar-refractivity contribution in [1.29, 1.82) is 0 Å². The minimum Gasteiger partial charge on any atom is -0.347 e. The van der Waals surface area contributed by atoms with Crippen molar-refractivity contribution in [2.75, 3.05) is 13.1 Å². The first kappa shape index (κ1) is 11.1. The summed E-state index contributed by atoms with van der Waals surface area (Å²) in [5.74, 6) is 1.61. The second kappa shape index (κ2) is 5.12. The van der Waals surface area contributed by atoms with Gasteiger partial charge in [-0.05, 0) is 32.2 Å². The largest absolute Gasteiger partial charge is 0.347 e. The van der Waals surface area contributed by atoms with Gasteiger partial charge in [-0.1, -0.05) is 0 Å². The maximum Gasteiger partial charge on any atom is 0.234 e. The van der Waals surface area contributed by atoms with Crippen molar-refractivity contribution in [3.8, 4) is 0 Å². The summed E-state index contributed by atoms with van der Waals surface area (Å²) in [6.07, 6.45) is 6.04. The number of carbonyl (C=O) groups is 1. The number of hydrogen-bond donors (Lipinski definition) is 3. The molecule has 1 unspecified atom stereocenters. The maximum absolute atomic E-state index is 11.5. The molecule has 0 spiro atoms. The topological polar surface area (TPSA) is 69.8 Å². The summed E-state index contributed by atoms with van der Waals surface area (Å²) in [5.41, 5.74) is 0. The van der Waals surface area contributed by atoms with E-state index < -0.39 is 0 Å². The summed E-state index contributed by atoms with van der Waals surface area (Å²) >= 11 is 0. The average molecular weight is 222 g/mol. The van der Waals surface area contributed by atoms with Gasteiger partial charge in [-0.2, -0.15) is 0 Å². The third-order valence-corrected chi connectivity index (χ3v) is 2.72. The molecular formula is C11H18N4O. The highest BCUT2D eigenvalue weighted by atomic mass is 16.1. The number of aromatic amines is 1. The molecular weight excluding hydrogens is 204 g/mol. The molecule has 1 amide bonds. The van der Waals surface area contributed by atoms with Crippen molar-refractivity contribution in [2.24, 2.45) is 5.92 Å². The molecule has 0 aliphatic heterocycles. The van der Waals surface area contributed by atoms with Crippen molar-refractivity contribution in [2.45, 2.75) is 25.8 Å². The number of imidazole rings is 1. The van der Waals surface area contributed by atoms with Gasteiger partial charge in [0.15, 0.2) is 0 Å². The van der Waals surface area contributed by atoms with Gasteiger partial charge in [0.05, 0.1) is 12.6 Å². The van der Waals surface area contributed by atoms with Gasteiger partial charge >= 0.3 is 0 Å². The fraction of sp³-hybridized carbons (Fsp3) is 0.636.